The number of carbonyl (C=O) groups excluding carboxylic acids is 2. The zero-order valence-corrected chi connectivity index (χ0v) is 44.4. The van der Waals surface area contributed by atoms with Gasteiger partial charge in [0.05, 0.1) is 111 Å². The number of nitrogens with two attached hydrogens (primary N) is 1. The first-order chi connectivity index (χ1) is 36.6. The fourth-order valence-electron chi connectivity index (χ4n) is 16.4. The summed E-state index contributed by atoms with van der Waals surface area (Å²) in [6, 6.07) is -0.907. The van der Waals surface area contributed by atoms with Gasteiger partial charge in [-0.05, 0) is 86.7 Å². The third-order valence-electron chi connectivity index (χ3n) is 20.5. The van der Waals surface area contributed by atoms with Crippen molar-refractivity contribution in [1.82, 2.24) is 0 Å². The van der Waals surface area contributed by atoms with Crippen LogP contribution in [0.5, 0.6) is 0 Å². The summed E-state index contributed by atoms with van der Waals surface area (Å²) in [4.78, 5) is 27.8. The summed E-state index contributed by atoms with van der Waals surface area (Å²) in [5, 5.41) is 32.5. The lowest BCUT2D eigenvalue weighted by Crippen LogP contribution is -2.68. The summed E-state index contributed by atoms with van der Waals surface area (Å²) in [6.07, 6.45) is -1.21. The molecule has 0 amide bonds. The zero-order chi connectivity index (χ0) is 52.5. The van der Waals surface area contributed by atoms with Gasteiger partial charge in [0.15, 0.2) is 11.6 Å². The van der Waals surface area contributed by atoms with Crippen LogP contribution in [0, 0.1) is 23.7 Å². The molecule has 14 heterocycles. The second-order valence-corrected chi connectivity index (χ2v) is 25.7. The standard InChI is InChI=1S/C57H83NO18/c1-25-10-12-56(21-28(4)47-42(74-56)18-34(61)44(24-60)70-47)73-38(25)16-30(23-59)48-35(62)19-40-50(72-48)46(58)49-41(67-40)20-39-29(5)26(2)14-31(65-39)6-8-36-27(3)15-33(64-36)11-13-57-22-43-52(75-57)53-54(69-43)55(76-57)51-37(68-53)9-7-32(66-51)17-45(63)71-49/h23,25-26,28,30-44,46-55,60-62H,3,5-22,24,58H2,1-2,4H3/t25-,26+,28-,30?,31-,32?,33-,34+,35+,36-,37-,38-,39?,40-,41?,42-,43?,44+,46+,47-,48+,49-,50+,51-,52-,53-,54+,55-,56+,57-/m0/s1. The monoisotopic (exact) mass is 1070 g/mol. The molecule has 14 aliphatic rings. The van der Waals surface area contributed by atoms with E-state index in [1.54, 1.807) is 0 Å². The summed E-state index contributed by atoms with van der Waals surface area (Å²) >= 11 is 0. The van der Waals surface area contributed by atoms with Gasteiger partial charge >= 0.3 is 5.97 Å². The van der Waals surface area contributed by atoms with Crippen molar-refractivity contribution in [2.75, 3.05) is 6.61 Å². The predicted octanol–water partition coefficient (Wildman–Crippen LogP) is 3.55. The van der Waals surface area contributed by atoms with Crippen molar-refractivity contribution in [3.63, 3.8) is 0 Å². The van der Waals surface area contributed by atoms with Crippen LogP contribution >= 0.6 is 0 Å². The Morgan fingerprint density at radius 2 is 1.33 bits per heavy atom. The van der Waals surface area contributed by atoms with Gasteiger partial charge in [-0.2, -0.15) is 0 Å². The molecule has 19 heteroatoms. The quantitative estimate of drug-likeness (QED) is 0.175. The number of rotatable bonds is 5. The number of esters is 1. The lowest BCUT2D eigenvalue weighted by Gasteiger charge is -2.55. The van der Waals surface area contributed by atoms with Crippen molar-refractivity contribution in [2.24, 2.45) is 29.4 Å². The molecule has 0 radical (unpaired) electrons. The normalized spacial score (nSPS) is 55.4. The maximum absolute atomic E-state index is 14.5. The number of hydrogen-bond donors (Lipinski definition) is 4. The van der Waals surface area contributed by atoms with E-state index in [9.17, 15) is 24.9 Å². The van der Waals surface area contributed by atoms with Crippen LogP contribution in [0.15, 0.2) is 24.3 Å². The van der Waals surface area contributed by atoms with E-state index in [1.807, 2.05) is 0 Å². The topological polar surface area (TPSA) is 241 Å². The van der Waals surface area contributed by atoms with Crippen LogP contribution in [-0.4, -0.2) is 192 Å². The van der Waals surface area contributed by atoms with E-state index in [1.165, 1.54) is 0 Å². The van der Waals surface area contributed by atoms with Crippen LogP contribution in [0.4, 0.5) is 0 Å². The number of carbonyl (C=O) groups is 2. The molecule has 14 rings (SSSR count). The molecule has 0 aromatic rings. The first-order valence-corrected chi connectivity index (χ1v) is 29.2. The Balaban J connectivity index is 0.737. The second kappa shape index (κ2) is 20.8. The maximum Gasteiger partial charge on any atom is 0.308 e. The van der Waals surface area contributed by atoms with Crippen LogP contribution < -0.4 is 5.73 Å². The summed E-state index contributed by atoms with van der Waals surface area (Å²) in [5.41, 5.74) is 9.32. The minimum Gasteiger partial charge on any atom is -0.458 e. The summed E-state index contributed by atoms with van der Waals surface area (Å²) in [5.74, 6) is -2.87. The first-order valence-electron chi connectivity index (χ1n) is 29.2. The lowest BCUT2D eigenvalue weighted by atomic mass is 9.77. The van der Waals surface area contributed by atoms with Crippen molar-refractivity contribution in [3.8, 4) is 0 Å². The average molecular weight is 1070 g/mol. The predicted molar refractivity (Wildman–Crippen MR) is 265 cm³/mol. The number of fused-ring (bicyclic) bond motifs is 8. The van der Waals surface area contributed by atoms with Crippen molar-refractivity contribution in [3.05, 3.63) is 24.3 Å². The molecule has 0 aromatic carbocycles. The van der Waals surface area contributed by atoms with Crippen LogP contribution in [0.3, 0.4) is 0 Å². The van der Waals surface area contributed by atoms with Crippen molar-refractivity contribution in [2.45, 2.75) is 288 Å². The second-order valence-electron chi connectivity index (χ2n) is 25.7. The summed E-state index contributed by atoms with van der Waals surface area (Å²) < 4.78 is 87.7. The SMILES string of the molecule is C=C1C2CC3O[C@H]4C[C@@H](O)[C@@H](C(C=O)C[C@@H]5O[C@@]6(CC[C@@H]5C)C[C@H](C)[C@@H]5O[C@H](CO)[C@H](O)C[C@@H]5O6)O[C@H]4[C@H](N)[C@H]3OC(=O)CC3CC[C@@H]4O[C@@H]5[C@H]6OC7C[C@](CC[C@H]8CC(=C)[C@H](CC[C@@H](C[C@H]1C)O2)O8)(O[C@H]6[C@H]4O3)O[C@@H]75. The number of aliphatic hydroxyl groups excluding tert-OH is 3. The third kappa shape index (κ3) is 9.64. The van der Waals surface area contributed by atoms with E-state index < -0.39 is 115 Å². The minimum atomic E-state index is -1.09. The van der Waals surface area contributed by atoms with Crippen LogP contribution in [0.25, 0.3) is 0 Å². The van der Waals surface area contributed by atoms with Crippen molar-refractivity contribution < 1.29 is 86.5 Å². The lowest BCUT2D eigenvalue weighted by molar-refractivity contribution is -0.367. The van der Waals surface area contributed by atoms with E-state index in [4.69, 9.17) is 67.3 Å². The molecule has 19 nitrogen and oxygen atoms in total. The number of ether oxygens (including phenoxy) is 13. The molecule has 0 aromatic heterocycles. The van der Waals surface area contributed by atoms with Crippen molar-refractivity contribution in [1.29, 1.82) is 0 Å². The Kier molecular flexibility index (Phi) is 14.6. The van der Waals surface area contributed by atoms with E-state index in [0.717, 1.165) is 56.0 Å². The highest BCUT2D eigenvalue weighted by Gasteiger charge is 2.69. The van der Waals surface area contributed by atoms with Crippen molar-refractivity contribution >= 4 is 12.3 Å². The molecule has 0 aliphatic carbocycles. The van der Waals surface area contributed by atoms with Gasteiger partial charge in [-0.1, -0.05) is 33.9 Å². The molecule has 424 valence electrons. The molecule has 14 fully saturated rings. The number of aliphatic hydroxyl groups is 3. The van der Waals surface area contributed by atoms with Gasteiger partial charge in [0.2, 0.25) is 0 Å². The first kappa shape index (κ1) is 53.3. The van der Waals surface area contributed by atoms with Crippen LogP contribution in [0.1, 0.15) is 130 Å². The molecule has 0 saturated carbocycles. The molecule has 76 heavy (non-hydrogen) atoms. The Morgan fingerprint density at radius 3 is 2.16 bits per heavy atom. The molecule has 12 bridgehead atoms. The summed E-state index contributed by atoms with van der Waals surface area (Å²) in [6.45, 7) is 15.0. The number of hydrogen-bond acceptors (Lipinski definition) is 19. The number of aldehydes is 1. The Hall–Kier alpha value is -2.02. The molecule has 5 unspecified atom stereocenters. The average Bonchev–Trinajstić information content (AvgIpc) is 4.20. The minimum absolute atomic E-state index is 0.0163. The van der Waals surface area contributed by atoms with Gasteiger partial charge < -0.3 is 87.4 Å². The highest BCUT2D eigenvalue weighted by Crippen LogP contribution is 2.55. The molecule has 5 N–H and O–H groups in total. The smallest absolute Gasteiger partial charge is 0.308 e. The molecule has 14 aliphatic heterocycles. The van der Waals surface area contributed by atoms with E-state index in [0.29, 0.717) is 51.4 Å². The largest absolute Gasteiger partial charge is 0.458 e. The zero-order valence-electron chi connectivity index (χ0n) is 44.4. The van der Waals surface area contributed by atoms with Crippen LogP contribution in [-0.2, 0) is 71.2 Å². The van der Waals surface area contributed by atoms with E-state index in [2.05, 4.69) is 33.9 Å². The van der Waals surface area contributed by atoms with Gasteiger partial charge in [-0.25, -0.2) is 0 Å². The fourth-order valence-corrected chi connectivity index (χ4v) is 16.4. The highest BCUT2D eigenvalue weighted by molar-refractivity contribution is 5.70. The Bertz CT molecular complexity index is 2190. The third-order valence-corrected chi connectivity index (χ3v) is 20.5. The van der Waals surface area contributed by atoms with E-state index >= 15 is 0 Å². The molecular formula is C57H83NO18. The van der Waals surface area contributed by atoms with Gasteiger partial charge in [-0.15, -0.1) is 0 Å². The Morgan fingerprint density at radius 1 is 0.605 bits per heavy atom. The summed E-state index contributed by atoms with van der Waals surface area (Å²) in [7, 11) is 0. The van der Waals surface area contributed by atoms with Gasteiger partial charge in [0.1, 0.15) is 55.1 Å². The van der Waals surface area contributed by atoms with E-state index in [-0.39, 0.29) is 98.6 Å². The highest BCUT2D eigenvalue weighted by atomic mass is 16.8. The fraction of sp³-hybridized carbons (Fsp3) is 0.895. The van der Waals surface area contributed by atoms with Gasteiger partial charge in [0.25, 0.3) is 0 Å². The molecular weight excluding hydrogens is 987 g/mol. The molecule has 30 atom stereocenters. The molecule has 2 spiro atoms. The van der Waals surface area contributed by atoms with Gasteiger partial charge in [0, 0.05) is 50.9 Å². The molecule has 14 saturated heterocycles. The van der Waals surface area contributed by atoms with Gasteiger partial charge in [-0.3, -0.25) is 4.79 Å². The van der Waals surface area contributed by atoms with Crippen LogP contribution in [0.2, 0.25) is 0 Å². The maximum atomic E-state index is 14.5. The Labute approximate surface area is 445 Å².